The number of aromatic nitrogens is 8. The summed E-state index contributed by atoms with van der Waals surface area (Å²) in [4.78, 5) is 14.2. The van der Waals surface area contributed by atoms with Crippen molar-refractivity contribution in [3.8, 4) is 47.0 Å². The van der Waals surface area contributed by atoms with Gasteiger partial charge in [-0.3, -0.25) is 9.69 Å². The molecule has 0 N–H and O–H groups in total. The fraction of sp³-hybridized carbons (Fsp3) is 0.0333. The molecule has 16 rings (SSSR count). The Kier molecular flexibility index (Phi) is 7.46. The van der Waals surface area contributed by atoms with Crippen LogP contribution in [-0.4, -0.2) is 55.1 Å². The highest BCUT2D eigenvalue weighted by Crippen LogP contribution is 2.31. The number of sulfone groups is 1. The first-order valence-electron chi connectivity index (χ1n) is 13.6. The summed E-state index contributed by atoms with van der Waals surface area (Å²) in [5.74, 6) is 1.00. The number of hydrogen-bond donors (Lipinski definition) is 0. The van der Waals surface area contributed by atoms with Crippen LogP contribution >= 0.6 is 0 Å². The molecule has 0 saturated heterocycles. The smallest absolute Gasteiger partial charge is 0.360 e. The van der Waals surface area contributed by atoms with Crippen molar-refractivity contribution in [2.24, 2.45) is 0 Å². The quantitative estimate of drug-likeness (QED) is 0.216. The standard InChI is InChI=1S/C30H19N9O7S/c1-18(40)39-19-2-6-21(7-3-19)43-27-31-35-29(36-32-27)45-23-10-14-25(15-11-23)47(41,42)26-16-12-24(13-17-26)46-30-37-33-28(34-38-30)44-22-8-4-20(39)5-9-22/h2-17H,1H3. The van der Waals surface area contributed by atoms with Crippen molar-refractivity contribution < 1.29 is 32.2 Å². The molecule has 232 valence electrons. The molecule has 0 spiro atoms. The molecule has 2 aromatic heterocycles. The summed E-state index contributed by atoms with van der Waals surface area (Å²) in [6.07, 6.45) is 0. The number of nitrogens with zero attached hydrogens (tertiary/aromatic N) is 9. The Balaban J connectivity index is 1.21. The van der Waals surface area contributed by atoms with E-state index in [0.29, 0.717) is 22.9 Å². The normalized spacial score (nSPS) is 13.4. The highest BCUT2D eigenvalue weighted by molar-refractivity contribution is 7.91. The van der Waals surface area contributed by atoms with Gasteiger partial charge >= 0.3 is 24.0 Å². The summed E-state index contributed by atoms with van der Waals surface area (Å²) in [6.45, 7) is 1.44. The Morgan fingerprint density at radius 2 is 0.723 bits per heavy atom. The lowest BCUT2D eigenvalue weighted by Crippen LogP contribution is -2.22. The first-order chi connectivity index (χ1) is 22.8. The summed E-state index contributed by atoms with van der Waals surface area (Å²) in [7, 11) is -3.87. The first-order valence-corrected chi connectivity index (χ1v) is 15.1. The van der Waals surface area contributed by atoms with E-state index in [1.54, 1.807) is 48.5 Å². The lowest BCUT2D eigenvalue weighted by molar-refractivity contribution is -0.115. The molecule has 0 atom stereocenters. The molecule has 10 aliphatic heterocycles. The number of hydrogen-bond acceptors (Lipinski definition) is 15. The minimum atomic E-state index is -3.87. The van der Waals surface area contributed by atoms with Gasteiger partial charge in [-0.25, -0.2) is 8.42 Å². The molecule has 12 heterocycles. The summed E-state index contributed by atoms with van der Waals surface area (Å²) in [5.41, 5.74) is 1.14. The van der Waals surface area contributed by atoms with Crippen molar-refractivity contribution in [1.82, 2.24) is 40.8 Å². The number of carbonyl (C=O) groups is 1. The summed E-state index contributed by atoms with van der Waals surface area (Å²) in [5, 5.41) is 31.0. The topological polar surface area (TPSA) is 194 Å². The molecular formula is C30H19N9O7S. The average Bonchev–Trinajstić information content (AvgIpc) is 3.08. The Bertz CT molecular complexity index is 2010. The molecule has 16 nitrogen and oxygen atoms in total. The molecule has 6 aromatic rings. The van der Waals surface area contributed by atoms with E-state index >= 15 is 0 Å². The van der Waals surface area contributed by atoms with Gasteiger partial charge in [0.05, 0.1) is 9.79 Å². The molecule has 0 unspecified atom stereocenters. The first kappa shape index (κ1) is 29.1. The number of anilines is 2. The van der Waals surface area contributed by atoms with Gasteiger partial charge in [-0.2, -0.15) is 0 Å². The minimum absolute atomic E-state index is 0.0264. The van der Waals surface area contributed by atoms with Gasteiger partial charge in [-0.1, -0.05) is 40.8 Å². The van der Waals surface area contributed by atoms with Crippen LogP contribution in [0.5, 0.6) is 47.0 Å². The Labute approximate surface area is 265 Å². The van der Waals surface area contributed by atoms with Crippen molar-refractivity contribution in [2.75, 3.05) is 4.90 Å². The predicted octanol–water partition coefficient (Wildman–Crippen LogP) is 4.85. The van der Waals surface area contributed by atoms with Gasteiger partial charge in [0, 0.05) is 18.3 Å². The van der Waals surface area contributed by atoms with Crippen molar-refractivity contribution in [2.45, 2.75) is 16.7 Å². The maximum absolute atomic E-state index is 13.2. The monoisotopic (exact) mass is 649 g/mol. The highest BCUT2D eigenvalue weighted by atomic mass is 32.2. The third kappa shape index (κ3) is 6.31. The number of rotatable bonds is 0. The number of carbonyl (C=O) groups excluding carboxylic acids is 1. The SMILES string of the molecule is CC(=O)N1c2ccc(cc2)Oc2nnc(nn2)Oc2ccc(cc2)S(=O)(=O)c2ccc(cc2)Oc2nnc(nn2)Oc2ccc1cc2. The van der Waals surface area contributed by atoms with E-state index in [4.69, 9.17) is 18.9 Å². The van der Waals surface area contributed by atoms with Crippen LogP contribution in [0.4, 0.5) is 11.4 Å². The van der Waals surface area contributed by atoms with Gasteiger partial charge in [0.1, 0.15) is 23.0 Å². The lowest BCUT2D eigenvalue weighted by Gasteiger charge is -2.21. The van der Waals surface area contributed by atoms with E-state index < -0.39 is 9.84 Å². The van der Waals surface area contributed by atoms with E-state index in [1.807, 2.05) is 0 Å². The number of ether oxygens (including phenoxy) is 4. The molecule has 0 saturated carbocycles. The van der Waals surface area contributed by atoms with Crippen molar-refractivity contribution in [1.29, 1.82) is 0 Å². The van der Waals surface area contributed by atoms with Crippen LogP contribution in [0.15, 0.2) is 107 Å². The molecule has 4 aromatic carbocycles. The van der Waals surface area contributed by atoms with Crippen LogP contribution in [-0.2, 0) is 14.6 Å². The number of amides is 1. The van der Waals surface area contributed by atoms with Crippen LogP contribution in [0, 0.1) is 0 Å². The molecule has 17 heteroatoms. The average molecular weight is 650 g/mol. The zero-order chi connectivity index (χ0) is 32.4. The van der Waals surface area contributed by atoms with Crippen LogP contribution < -0.4 is 23.8 Å². The fourth-order valence-electron chi connectivity index (χ4n) is 4.36. The maximum atomic E-state index is 13.2. The van der Waals surface area contributed by atoms with E-state index in [2.05, 4.69) is 40.8 Å². The Hall–Kier alpha value is -6.62. The predicted molar refractivity (Wildman–Crippen MR) is 160 cm³/mol. The maximum Gasteiger partial charge on any atom is 0.360 e. The second kappa shape index (κ2) is 12.1. The van der Waals surface area contributed by atoms with E-state index in [-0.39, 0.29) is 51.2 Å². The largest absolute Gasteiger partial charge is 0.422 e. The lowest BCUT2D eigenvalue weighted by atomic mass is 10.2. The van der Waals surface area contributed by atoms with Crippen molar-refractivity contribution >= 4 is 27.1 Å². The van der Waals surface area contributed by atoms with Gasteiger partial charge in [0.15, 0.2) is 0 Å². The Morgan fingerprint density at radius 3 is 0.979 bits per heavy atom. The van der Waals surface area contributed by atoms with E-state index in [0.717, 1.165) is 0 Å². The van der Waals surface area contributed by atoms with Crippen molar-refractivity contribution in [3.63, 3.8) is 0 Å². The summed E-state index contributed by atoms with van der Waals surface area (Å²) < 4.78 is 48.8. The zero-order valence-corrected chi connectivity index (χ0v) is 24.8. The highest BCUT2D eigenvalue weighted by Gasteiger charge is 2.19. The van der Waals surface area contributed by atoms with Gasteiger partial charge in [0.2, 0.25) is 15.7 Å². The van der Waals surface area contributed by atoms with Gasteiger partial charge in [0.25, 0.3) is 0 Å². The van der Waals surface area contributed by atoms with Crippen LogP contribution in [0.3, 0.4) is 0 Å². The van der Waals surface area contributed by atoms with E-state index in [1.165, 1.54) is 60.4 Å². The zero-order valence-electron chi connectivity index (χ0n) is 24.0. The third-order valence-electron chi connectivity index (χ3n) is 6.49. The second-order valence-electron chi connectivity index (χ2n) is 9.63. The second-order valence-corrected chi connectivity index (χ2v) is 11.6. The minimum Gasteiger partial charge on any atom is -0.422 e. The molecule has 47 heavy (non-hydrogen) atoms. The molecule has 10 aliphatic rings. The molecule has 12 bridgehead atoms. The number of benzene rings is 4. The molecular weight excluding hydrogens is 630 g/mol. The van der Waals surface area contributed by atoms with Gasteiger partial charge in [-0.15, -0.1) is 0 Å². The Morgan fingerprint density at radius 1 is 0.468 bits per heavy atom. The summed E-state index contributed by atoms with van der Waals surface area (Å²) >= 11 is 0. The summed E-state index contributed by atoms with van der Waals surface area (Å²) in [6, 6.07) is 23.9. The van der Waals surface area contributed by atoms with Gasteiger partial charge < -0.3 is 18.9 Å². The third-order valence-corrected chi connectivity index (χ3v) is 8.28. The molecule has 0 aliphatic carbocycles. The molecule has 0 radical (unpaired) electrons. The van der Waals surface area contributed by atoms with Crippen molar-refractivity contribution in [3.05, 3.63) is 97.1 Å². The van der Waals surface area contributed by atoms with Gasteiger partial charge in [-0.05, 0) is 97.1 Å². The van der Waals surface area contributed by atoms with Crippen LogP contribution in [0.1, 0.15) is 6.92 Å². The fourth-order valence-corrected chi connectivity index (χ4v) is 5.62. The van der Waals surface area contributed by atoms with E-state index in [9.17, 15) is 13.2 Å². The molecule has 1 amide bonds. The molecule has 0 fully saturated rings. The van der Waals surface area contributed by atoms with Crippen LogP contribution in [0.2, 0.25) is 0 Å². The van der Waals surface area contributed by atoms with Crippen LogP contribution in [0.25, 0.3) is 0 Å².